The molecule has 18 heavy (non-hydrogen) atoms. The van der Waals surface area contributed by atoms with Crippen LogP contribution in [0.15, 0.2) is 34.6 Å². The van der Waals surface area contributed by atoms with Gasteiger partial charge in [-0.1, -0.05) is 0 Å². The van der Waals surface area contributed by atoms with Crippen LogP contribution >= 0.6 is 11.8 Å². The van der Waals surface area contributed by atoms with Gasteiger partial charge in [-0.2, -0.15) is 0 Å². The van der Waals surface area contributed by atoms with Gasteiger partial charge >= 0.3 is 5.97 Å². The van der Waals surface area contributed by atoms with Crippen molar-refractivity contribution in [1.82, 2.24) is 9.55 Å². The van der Waals surface area contributed by atoms with E-state index in [9.17, 15) is 13.6 Å². The summed E-state index contributed by atoms with van der Waals surface area (Å²) in [6, 6.07) is 1.58. The van der Waals surface area contributed by atoms with Gasteiger partial charge in [0.25, 0.3) is 0 Å². The summed E-state index contributed by atoms with van der Waals surface area (Å²) < 4.78 is 28.9. The van der Waals surface area contributed by atoms with Gasteiger partial charge in [-0.05, 0) is 23.9 Å². The molecule has 0 saturated carbocycles. The van der Waals surface area contributed by atoms with Crippen LogP contribution in [0.3, 0.4) is 0 Å². The van der Waals surface area contributed by atoms with Crippen molar-refractivity contribution in [3.8, 4) is 0 Å². The molecule has 7 heteroatoms. The Kier molecular flexibility index (Phi) is 3.33. The Balaban J connectivity index is 2.40. The van der Waals surface area contributed by atoms with Crippen molar-refractivity contribution >= 4 is 17.7 Å². The summed E-state index contributed by atoms with van der Waals surface area (Å²) in [6.45, 7) is 0. The molecule has 1 heterocycles. The highest BCUT2D eigenvalue weighted by Crippen LogP contribution is 2.31. The van der Waals surface area contributed by atoms with E-state index in [0.717, 1.165) is 23.9 Å². The van der Waals surface area contributed by atoms with Crippen LogP contribution in [0.25, 0.3) is 0 Å². The number of carbonyl (C=O) groups is 1. The fourth-order valence-electron chi connectivity index (χ4n) is 1.32. The lowest BCUT2D eigenvalue weighted by atomic mass is 10.2. The zero-order chi connectivity index (χ0) is 13.3. The quantitative estimate of drug-likeness (QED) is 0.931. The summed E-state index contributed by atoms with van der Waals surface area (Å²) in [5.74, 6) is -3.21. The summed E-state index contributed by atoms with van der Waals surface area (Å²) >= 11 is 0.803. The third-order valence-corrected chi connectivity index (χ3v) is 3.39. The van der Waals surface area contributed by atoms with Crippen LogP contribution in [-0.2, 0) is 7.05 Å². The Hall–Kier alpha value is -1.89. The molecule has 0 unspecified atom stereocenters. The summed E-state index contributed by atoms with van der Waals surface area (Å²) in [6.07, 6.45) is 3.15. The number of nitrogens with zero attached hydrogens (tertiary/aromatic N) is 2. The predicted molar refractivity (Wildman–Crippen MR) is 60.6 cm³/mol. The van der Waals surface area contributed by atoms with E-state index >= 15 is 0 Å². The van der Waals surface area contributed by atoms with Crippen LogP contribution in [0.4, 0.5) is 8.78 Å². The Bertz CT molecular complexity index is 590. The lowest BCUT2D eigenvalue weighted by Gasteiger charge is -2.05. The summed E-state index contributed by atoms with van der Waals surface area (Å²) in [5, 5.41) is 9.08. The summed E-state index contributed by atoms with van der Waals surface area (Å²) in [5.41, 5.74) is -0.422. The summed E-state index contributed by atoms with van der Waals surface area (Å²) in [4.78, 5) is 14.3. The van der Waals surface area contributed by atoms with Gasteiger partial charge in [-0.3, -0.25) is 0 Å². The van der Waals surface area contributed by atoms with E-state index < -0.39 is 23.2 Å². The average Bonchev–Trinajstić information content (AvgIpc) is 2.69. The molecule has 4 nitrogen and oxygen atoms in total. The van der Waals surface area contributed by atoms with Crippen LogP contribution in [0.2, 0.25) is 0 Å². The highest BCUT2D eigenvalue weighted by molar-refractivity contribution is 7.99. The first kappa shape index (κ1) is 12.6. The molecule has 0 aliphatic carbocycles. The van der Waals surface area contributed by atoms with Gasteiger partial charge in [-0.25, -0.2) is 18.6 Å². The first-order valence-corrected chi connectivity index (χ1v) is 5.68. The van der Waals surface area contributed by atoms with E-state index in [1.54, 1.807) is 17.8 Å². The maximum atomic E-state index is 13.6. The average molecular weight is 270 g/mol. The number of rotatable bonds is 3. The van der Waals surface area contributed by atoms with Gasteiger partial charge in [0.2, 0.25) is 0 Å². The van der Waals surface area contributed by atoms with Gasteiger partial charge in [0.05, 0.1) is 10.5 Å². The normalized spacial score (nSPS) is 10.6. The van der Waals surface area contributed by atoms with E-state index in [2.05, 4.69) is 4.98 Å². The third kappa shape index (κ3) is 2.35. The first-order chi connectivity index (χ1) is 8.49. The molecule has 1 N–H and O–H groups in total. The number of carboxylic acid groups (broad SMARTS) is 1. The van der Waals surface area contributed by atoms with Crippen LogP contribution in [-0.4, -0.2) is 20.6 Å². The van der Waals surface area contributed by atoms with Crippen molar-refractivity contribution < 1.29 is 18.7 Å². The van der Waals surface area contributed by atoms with E-state index in [0.29, 0.717) is 5.16 Å². The molecule has 0 aliphatic heterocycles. The van der Waals surface area contributed by atoms with Gasteiger partial charge < -0.3 is 9.67 Å². The topological polar surface area (TPSA) is 55.1 Å². The smallest absolute Gasteiger partial charge is 0.335 e. The molecule has 0 bridgehead atoms. The van der Waals surface area contributed by atoms with E-state index in [4.69, 9.17) is 5.11 Å². The molecule has 1 aromatic carbocycles. The third-order valence-electron chi connectivity index (χ3n) is 2.22. The zero-order valence-electron chi connectivity index (χ0n) is 9.22. The second kappa shape index (κ2) is 4.77. The maximum Gasteiger partial charge on any atom is 0.335 e. The van der Waals surface area contributed by atoms with E-state index in [1.165, 1.54) is 6.20 Å². The van der Waals surface area contributed by atoms with Crippen molar-refractivity contribution in [3.05, 3.63) is 41.7 Å². The molecule has 94 valence electrons. The number of hydrogen-bond donors (Lipinski definition) is 1. The molecule has 0 atom stereocenters. The van der Waals surface area contributed by atoms with E-state index in [-0.39, 0.29) is 4.90 Å². The lowest BCUT2D eigenvalue weighted by molar-refractivity contribution is 0.0695. The minimum atomic E-state index is -1.37. The van der Waals surface area contributed by atoms with Crippen molar-refractivity contribution in [2.24, 2.45) is 7.05 Å². The van der Waals surface area contributed by atoms with Gasteiger partial charge in [-0.15, -0.1) is 0 Å². The molecule has 0 radical (unpaired) electrons. The molecule has 0 saturated heterocycles. The molecule has 0 fully saturated rings. The minimum absolute atomic E-state index is 0.269. The van der Waals surface area contributed by atoms with Crippen molar-refractivity contribution in [1.29, 1.82) is 0 Å². The standard InChI is InChI=1S/C11H8F2N2O2S/c1-15-3-2-14-11(15)18-9-7(12)4-6(10(16)17)5-8(9)13/h2-5H,1H3,(H,16,17). The Labute approximate surface area is 105 Å². The Morgan fingerprint density at radius 2 is 2.00 bits per heavy atom. The largest absolute Gasteiger partial charge is 0.478 e. The van der Waals surface area contributed by atoms with Crippen molar-refractivity contribution in [3.63, 3.8) is 0 Å². The number of halogens is 2. The fourth-order valence-corrected chi connectivity index (χ4v) is 2.14. The van der Waals surface area contributed by atoms with Gasteiger partial charge in [0, 0.05) is 19.4 Å². The number of hydrogen-bond acceptors (Lipinski definition) is 3. The molecule has 0 amide bonds. The maximum absolute atomic E-state index is 13.6. The molecule has 1 aromatic heterocycles. The number of benzene rings is 1. The molecule has 0 spiro atoms. The predicted octanol–water partition coefficient (Wildman–Crippen LogP) is 2.55. The van der Waals surface area contributed by atoms with Crippen LogP contribution in [0, 0.1) is 11.6 Å². The first-order valence-electron chi connectivity index (χ1n) is 4.86. The summed E-state index contributed by atoms with van der Waals surface area (Å²) in [7, 11) is 1.69. The lowest BCUT2D eigenvalue weighted by Crippen LogP contribution is -2.00. The fraction of sp³-hybridized carbons (Fsp3) is 0.0909. The monoisotopic (exact) mass is 270 g/mol. The molecular weight excluding hydrogens is 262 g/mol. The number of carboxylic acids is 1. The number of imidazole rings is 1. The van der Waals surface area contributed by atoms with Gasteiger partial charge in [0.15, 0.2) is 5.16 Å². The molecule has 2 rings (SSSR count). The zero-order valence-corrected chi connectivity index (χ0v) is 10.0. The highest BCUT2D eigenvalue weighted by atomic mass is 32.2. The number of aromatic carboxylic acids is 1. The van der Waals surface area contributed by atoms with Crippen LogP contribution in [0.5, 0.6) is 0 Å². The van der Waals surface area contributed by atoms with Gasteiger partial charge in [0.1, 0.15) is 11.6 Å². The Morgan fingerprint density at radius 3 is 2.44 bits per heavy atom. The molecule has 0 aliphatic rings. The molecular formula is C11H8F2N2O2S. The SMILES string of the molecule is Cn1ccnc1Sc1c(F)cc(C(=O)O)cc1F. The van der Waals surface area contributed by atoms with E-state index in [1.807, 2.05) is 0 Å². The highest BCUT2D eigenvalue weighted by Gasteiger charge is 2.17. The van der Waals surface area contributed by atoms with Crippen molar-refractivity contribution in [2.75, 3.05) is 0 Å². The minimum Gasteiger partial charge on any atom is -0.478 e. The number of aromatic nitrogens is 2. The van der Waals surface area contributed by atoms with Crippen LogP contribution < -0.4 is 0 Å². The Morgan fingerprint density at radius 1 is 1.39 bits per heavy atom. The van der Waals surface area contributed by atoms with Crippen LogP contribution in [0.1, 0.15) is 10.4 Å². The second-order valence-corrected chi connectivity index (χ2v) is 4.47. The number of aryl methyl sites for hydroxylation is 1. The second-order valence-electron chi connectivity index (χ2n) is 3.50. The molecule has 2 aromatic rings. The van der Waals surface area contributed by atoms with Crippen molar-refractivity contribution in [2.45, 2.75) is 10.1 Å².